The number of ether oxygens (including phenoxy) is 2. The van der Waals surface area contributed by atoms with Crippen LogP contribution in [0.15, 0.2) is 54.6 Å². The fourth-order valence-corrected chi connectivity index (χ4v) is 1.88. The second-order valence-corrected chi connectivity index (χ2v) is 3.94. The van der Waals surface area contributed by atoms with Gasteiger partial charge in [-0.1, -0.05) is 30.3 Å². The summed E-state index contributed by atoms with van der Waals surface area (Å²) < 4.78 is 10.4. The summed E-state index contributed by atoms with van der Waals surface area (Å²) in [5, 5.41) is 10.7. The van der Waals surface area contributed by atoms with Crippen LogP contribution in [0.3, 0.4) is 0 Å². The largest absolute Gasteiger partial charge is 0.497 e. The highest BCUT2D eigenvalue weighted by molar-refractivity contribution is 5.36. The molecule has 1 atom stereocenters. The van der Waals surface area contributed by atoms with Crippen molar-refractivity contribution in [2.45, 2.75) is 5.79 Å². The third-order valence-corrected chi connectivity index (χ3v) is 2.94. The Morgan fingerprint density at radius 2 is 1.39 bits per heavy atom. The lowest BCUT2D eigenvalue weighted by Crippen LogP contribution is -2.29. The number of benzene rings is 2. The van der Waals surface area contributed by atoms with E-state index in [0.717, 1.165) is 5.75 Å². The smallest absolute Gasteiger partial charge is 0.219 e. The SMILES string of the molecule is COc1ccc(C(O)(OC)c2ccccc2)cc1. The maximum atomic E-state index is 10.7. The molecule has 18 heavy (non-hydrogen) atoms. The Kier molecular flexibility index (Phi) is 3.65. The molecule has 3 nitrogen and oxygen atoms in total. The van der Waals surface area contributed by atoms with Gasteiger partial charge in [0.25, 0.3) is 0 Å². The van der Waals surface area contributed by atoms with Gasteiger partial charge in [0.1, 0.15) is 5.75 Å². The predicted molar refractivity (Wildman–Crippen MR) is 69.4 cm³/mol. The van der Waals surface area contributed by atoms with Crippen molar-refractivity contribution in [3.63, 3.8) is 0 Å². The van der Waals surface area contributed by atoms with E-state index in [-0.39, 0.29) is 0 Å². The molecule has 0 aliphatic heterocycles. The molecule has 3 heteroatoms. The van der Waals surface area contributed by atoms with Gasteiger partial charge >= 0.3 is 0 Å². The summed E-state index contributed by atoms with van der Waals surface area (Å²) in [6.45, 7) is 0. The molecule has 2 aromatic carbocycles. The fraction of sp³-hybridized carbons (Fsp3) is 0.200. The topological polar surface area (TPSA) is 38.7 Å². The number of hydrogen-bond acceptors (Lipinski definition) is 3. The Bertz CT molecular complexity index is 493. The van der Waals surface area contributed by atoms with E-state index in [1.54, 1.807) is 31.4 Å². The van der Waals surface area contributed by atoms with Crippen molar-refractivity contribution in [1.29, 1.82) is 0 Å². The lowest BCUT2D eigenvalue weighted by Gasteiger charge is -2.27. The van der Waals surface area contributed by atoms with Crippen LogP contribution in [-0.2, 0) is 10.5 Å². The van der Waals surface area contributed by atoms with Gasteiger partial charge in [-0.2, -0.15) is 0 Å². The molecule has 0 saturated heterocycles. The van der Waals surface area contributed by atoms with E-state index in [9.17, 15) is 5.11 Å². The molecule has 1 unspecified atom stereocenters. The molecule has 94 valence electrons. The summed E-state index contributed by atoms with van der Waals surface area (Å²) in [5.41, 5.74) is 1.36. The number of hydrogen-bond donors (Lipinski definition) is 1. The summed E-state index contributed by atoms with van der Waals surface area (Å²) in [6.07, 6.45) is 0. The average Bonchev–Trinajstić information content (AvgIpc) is 2.47. The molecule has 0 spiro atoms. The van der Waals surface area contributed by atoms with E-state index in [2.05, 4.69) is 0 Å². The normalized spacial score (nSPS) is 13.9. The lowest BCUT2D eigenvalue weighted by molar-refractivity contribution is -0.159. The van der Waals surface area contributed by atoms with Crippen molar-refractivity contribution in [1.82, 2.24) is 0 Å². The zero-order chi connectivity index (χ0) is 13.0. The predicted octanol–water partition coefficient (Wildman–Crippen LogP) is 2.54. The Morgan fingerprint density at radius 1 is 0.833 bits per heavy atom. The molecule has 0 fully saturated rings. The van der Waals surface area contributed by atoms with Crippen molar-refractivity contribution in [2.75, 3.05) is 14.2 Å². The Hall–Kier alpha value is -1.84. The van der Waals surface area contributed by atoms with Gasteiger partial charge in [0.05, 0.1) is 7.11 Å². The summed E-state index contributed by atoms with van der Waals surface area (Å²) in [7, 11) is 3.09. The van der Waals surface area contributed by atoms with Crippen LogP contribution in [0, 0.1) is 0 Å². The van der Waals surface area contributed by atoms with Gasteiger partial charge in [-0.25, -0.2) is 0 Å². The molecule has 0 aliphatic carbocycles. The van der Waals surface area contributed by atoms with Crippen LogP contribution in [0.4, 0.5) is 0 Å². The van der Waals surface area contributed by atoms with Gasteiger partial charge in [0.15, 0.2) is 0 Å². The van der Waals surface area contributed by atoms with Crippen molar-refractivity contribution in [3.05, 3.63) is 65.7 Å². The monoisotopic (exact) mass is 244 g/mol. The van der Waals surface area contributed by atoms with Gasteiger partial charge in [0.2, 0.25) is 5.79 Å². The summed E-state index contributed by atoms with van der Waals surface area (Å²) in [4.78, 5) is 0. The summed E-state index contributed by atoms with van der Waals surface area (Å²) >= 11 is 0. The standard InChI is InChI=1S/C15H16O3/c1-17-14-10-8-13(9-11-14)15(16,18-2)12-6-4-3-5-7-12/h3-11,16H,1-2H3. The number of rotatable bonds is 4. The first kappa shape index (κ1) is 12.6. The summed E-state index contributed by atoms with van der Waals surface area (Å²) in [5.74, 6) is -0.696. The summed E-state index contributed by atoms with van der Waals surface area (Å²) in [6, 6.07) is 16.4. The first-order chi connectivity index (χ1) is 8.70. The fourth-order valence-electron chi connectivity index (χ4n) is 1.88. The van der Waals surface area contributed by atoms with Crippen LogP contribution in [0.1, 0.15) is 11.1 Å². The molecule has 0 aromatic heterocycles. The second-order valence-electron chi connectivity index (χ2n) is 3.94. The highest BCUT2D eigenvalue weighted by Gasteiger charge is 2.31. The molecule has 0 bridgehead atoms. The third kappa shape index (κ3) is 2.23. The lowest BCUT2D eigenvalue weighted by atomic mass is 9.97. The van der Waals surface area contributed by atoms with Crippen LogP contribution < -0.4 is 4.74 Å². The third-order valence-electron chi connectivity index (χ3n) is 2.94. The molecular formula is C15H16O3. The van der Waals surface area contributed by atoms with Gasteiger partial charge in [0, 0.05) is 18.2 Å². The van der Waals surface area contributed by atoms with Crippen LogP contribution in [-0.4, -0.2) is 19.3 Å². The minimum atomic E-state index is -1.44. The first-order valence-corrected chi connectivity index (χ1v) is 5.68. The molecular weight excluding hydrogens is 228 g/mol. The van der Waals surface area contributed by atoms with E-state index in [4.69, 9.17) is 9.47 Å². The highest BCUT2D eigenvalue weighted by Crippen LogP contribution is 2.31. The minimum Gasteiger partial charge on any atom is -0.497 e. The van der Waals surface area contributed by atoms with E-state index < -0.39 is 5.79 Å². The Labute approximate surface area is 107 Å². The van der Waals surface area contributed by atoms with Gasteiger partial charge in [-0.3, -0.25) is 0 Å². The van der Waals surface area contributed by atoms with Gasteiger partial charge in [-0.05, 0) is 24.3 Å². The van der Waals surface area contributed by atoms with Crippen LogP contribution in [0.2, 0.25) is 0 Å². The molecule has 2 aromatic rings. The van der Waals surface area contributed by atoms with E-state index in [1.807, 2.05) is 30.3 Å². The molecule has 0 saturated carbocycles. The second kappa shape index (κ2) is 5.21. The molecule has 2 rings (SSSR count). The maximum absolute atomic E-state index is 10.7. The molecule has 0 aliphatic rings. The number of aliphatic hydroxyl groups is 1. The minimum absolute atomic E-state index is 0.664. The zero-order valence-electron chi connectivity index (χ0n) is 10.5. The molecule has 0 amide bonds. The zero-order valence-corrected chi connectivity index (χ0v) is 10.5. The van der Waals surface area contributed by atoms with Crippen molar-refractivity contribution < 1.29 is 14.6 Å². The van der Waals surface area contributed by atoms with Gasteiger partial charge in [-0.15, -0.1) is 0 Å². The molecule has 0 radical (unpaired) electrons. The Morgan fingerprint density at radius 3 is 1.89 bits per heavy atom. The van der Waals surface area contributed by atoms with Crippen LogP contribution >= 0.6 is 0 Å². The Balaban J connectivity index is 2.43. The van der Waals surface area contributed by atoms with Crippen LogP contribution in [0.5, 0.6) is 5.75 Å². The molecule has 0 heterocycles. The van der Waals surface area contributed by atoms with Crippen LogP contribution in [0.25, 0.3) is 0 Å². The maximum Gasteiger partial charge on any atom is 0.219 e. The quantitative estimate of drug-likeness (QED) is 0.840. The van der Waals surface area contributed by atoms with E-state index >= 15 is 0 Å². The van der Waals surface area contributed by atoms with Gasteiger partial charge < -0.3 is 14.6 Å². The van der Waals surface area contributed by atoms with Crippen molar-refractivity contribution in [3.8, 4) is 5.75 Å². The highest BCUT2D eigenvalue weighted by atomic mass is 16.6. The van der Waals surface area contributed by atoms with Crippen molar-refractivity contribution >= 4 is 0 Å². The van der Waals surface area contributed by atoms with E-state index in [0.29, 0.717) is 11.1 Å². The first-order valence-electron chi connectivity index (χ1n) is 5.68. The van der Waals surface area contributed by atoms with Crippen molar-refractivity contribution in [2.24, 2.45) is 0 Å². The molecule has 1 N–H and O–H groups in total. The average molecular weight is 244 g/mol. The van der Waals surface area contributed by atoms with E-state index in [1.165, 1.54) is 7.11 Å². The number of methoxy groups -OCH3 is 2.